The Morgan fingerprint density at radius 1 is 1.41 bits per heavy atom. The molecule has 0 atom stereocenters. The molecule has 0 fully saturated rings. The van der Waals surface area contributed by atoms with Crippen molar-refractivity contribution in [2.75, 3.05) is 19.8 Å². The molecule has 0 radical (unpaired) electrons. The van der Waals surface area contributed by atoms with Crippen LogP contribution in [0.5, 0.6) is 0 Å². The Morgan fingerprint density at radius 2 is 2.23 bits per heavy atom. The van der Waals surface area contributed by atoms with Gasteiger partial charge in [0, 0.05) is 36.1 Å². The fourth-order valence-corrected chi connectivity index (χ4v) is 2.98. The van der Waals surface area contributed by atoms with Crippen LogP contribution in [-0.4, -0.2) is 41.8 Å². The van der Waals surface area contributed by atoms with Gasteiger partial charge >= 0.3 is 6.03 Å². The second kappa shape index (κ2) is 6.03. The van der Waals surface area contributed by atoms with Crippen LogP contribution in [0.15, 0.2) is 23.2 Å². The van der Waals surface area contributed by atoms with Gasteiger partial charge in [0.1, 0.15) is 6.67 Å². The third-order valence-electron chi connectivity index (χ3n) is 4.07. The number of isocyanates is 1. The van der Waals surface area contributed by atoms with Gasteiger partial charge < -0.3 is 15.2 Å². The molecule has 6 heteroatoms. The van der Waals surface area contributed by atoms with Crippen molar-refractivity contribution in [2.45, 2.75) is 19.8 Å². The van der Waals surface area contributed by atoms with E-state index in [1.54, 1.807) is 4.90 Å². The van der Waals surface area contributed by atoms with E-state index in [4.69, 9.17) is 0 Å². The second-order valence-electron chi connectivity index (χ2n) is 5.51. The van der Waals surface area contributed by atoms with Crippen molar-refractivity contribution < 1.29 is 9.59 Å². The standard InChI is InChI=1S/C16H18N4O2/c1-11-2-3-14-13(8-11)12-4-6-20(7-5-15(12)19-14)16(22)18-9-17-10-21/h2-3,8,19H,4-7,9H2,1H3,(H,18,22). The van der Waals surface area contributed by atoms with E-state index in [9.17, 15) is 9.59 Å². The van der Waals surface area contributed by atoms with Crippen LogP contribution in [0.4, 0.5) is 4.79 Å². The first-order valence-electron chi connectivity index (χ1n) is 7.35. The zero-order valence-corrected chi connectivity index (χ0v) is 12.5. The minimum atomic E-state index is -0.190. The number of aromatic amines is 1. The molecule has 1 aromatic heterocycles. The highest BCUT2D eigenvalue weighted by atomic mass is 16.2. The second-order valence-corrected chi connectivity index (χ2v) is 5.51. The van der Waals surface area contributed by atoms with E-state index in [0.29, 0.717) is 13.1 Å². The van der Waals surface area contributed by atoms with Gasteiger partial charge in [0.2, 0.25) is 6.08 Å². The maximum Gasteiger partial charge on any atom is 0.318 e. The molecule has 2 amide bonds. The zero-order chi connectivity index (χ0) is 15.5. The minimum Gasteiger partial charge on any atom is -0.358 e. The lowest BCUT2D eigenvalue weighted by Crippen LogP contribution is -2.41. The lowest BCUT2D eigenvalue weighted by atomic mass is 10.1. The number of nitrogens with one attached hydrogen (secondary N) is 2. The molecule has 22 heavy (non-hydrogen) atoms. The molecular weight excluding hydrogens is 280 g/mol. The average Bonchev–Trinajstić information content (AvgIpc) is 2.71. The summed E-state index contributed by atoms with van der Waals surface area (Å²) in [6.07, 6.45) is 3.03. The summed E-state index contributed by atoms with van der Waals surface area (Å²) in [5, 5.41) is 3.85. The predicted octanol–water partition coefficient (Wildman–Crippen LogP) is 1.88. The number of urea groups is 1. The molecule has 2 heterocycles. The highest BCUT2D eigenvalue weighted by molar-refractivity contribution is 5.85. The number of hydrogen-bond donors (Lipinski definition) is 2. The van der Waals surface area contributed by atoms with Crippen molar-refractivity contribution in [1.29, 1.82) is 0 Å². The number of hydrogen-bond acceptors (Lipinski definition) is 3. The third kappa shape index (κ3) is 2.73. The number of fused-ring (bicyclic) bond motifs is 3. The molecular formula is C16H18N4O2. The maximum atomic E-state index is 12.0. The number of aromatic nitrogens is 1. The molecule has 1 aliphatic heterocycles. The van der Waals surface area contributed by atoms with Gasteiger partial charge in [-0.2, -0.15) is 4.99 Å². The summed E-state index contributed by atoms with van der Waals surface area (Å²) in [5.41, 5.74) is 4.91. The molecule has 2 N–H and O–H groups in total. The summed E-state index contributed by atoms with van der Waals surface area (Å²) in [5.74, 6) is 0. The molecule has 3 rings (SSSR count). The molecule has 2 aromatic rings. The summed E-state index contributed by atoms with van der Waals surface area (Å²) in [6.45, 7) is 3.37. The number of H-pyrrole nitrogens is 1. The highest BCUT2D eigenvalue weighted by Gasteiger charge is 2.21. The van der Waals surface area contributed by atoms with Gasteiger partial charge in [-0.05, 0) is 31.0 Å². The Bertz CT molecular complexity index is 759. The monoisotopic (exact) mass is 298 g/mol. The lowest BCUT2D eigenvalue weighted by molar-refractivity contribution is 0.200. The average molecular weight is 298 g/mol. The molecule has 0 aliphatic carbocycles. The summed E-state index contributed by atoms with van der Waals surface area (Å²) < 4.78 is 0. The first-order valence-corrected chi connectivity index (χ1v) is 7.35. The maximum absolute atomic E-state index is 12.0. The molecule has 6 nitrogen and oxygen atoms in total. The Morgan fingerprint density at radius 3 is 3.05 bits per heavy atom. The third-order valence-corrected chi connectivity index (χ3v) is 4.07. The topological polar surface area (TPSA) is 77.6 Å². The van der Waals surface area contributed by atoms with Crippen molar-refractivity contribution in [3.63, 3.8) is 0 Å². The molecule has 1 aromatic carbocycles. The number of carbonyl (C=O) groups is 1. The number of rotatable bonds is 2. The molecule has 0 spiro atoms. The van der Waals surface area contributed by atoms with Crippen LogP contribution < -0.4 is 5.32 Å². The number of aliphatic imine (C=N–C) groups is 1. The van der Waals surface area contributed by atoms with Crippen LogP contribution in [0.25, 0.3) is 10.9 Å². The van der Waals surface area contributed by atoms with Crippen LogP contribution >= 0.6 is 0 Å². The predicted molar refractivity (Wildman–Crippen MR) is 83.5 cm³/mol. The van der Waals surface area contributed by atoms with E-state index in [0.717, 1.165) is 18.4 Å². The molecule has 114 valence electrons. The fourth-order valence-electron chi connectivity index (χ4n) is 2.98. The fraction of sp³-hybridized carbons (Fsp3) is 0.375. The Hall–Kier alpha value is -2.59. The Balaban J connectivity index is 1.77. The lowest BCUT2D eigenvalue weighted by Gasteiger charge is -2.20. The van der Waals surface area contributed by atoms with Gasteiger partial charge in [-0.15, -0.1) is 0 Å². The molecule has 1 aliphatic rings. The normalized spacial score (nSPS) is 14.1. The summed E-state index contributed by atoms with van der Waals surface area (Å²) in [6, 6.07) is 6.22. The molecule has 0 saturated carbocycles. The first kappa shape index (κ1) is 14.4. The molecule has 0 unspecified atom stereocenters. The molecule has 0 saturated heterocycles. The summed E-state index contributed by atoms with van der Waals surface area (Å²) in [4.78, 5) is 30.6. The Labute approximate surface area is 128 Å². The van der Waals surface area contributed by atoms with Crippen molar-refractivity contribution in [3.8, 4) is 0 Å². The van der Waals surface area contributed by atoms with Crippen LogP contribution in [0.3, 0.4) is 0 Å². The summed E-state index contributed by atoms with van der Waals surface area (Å²) >= 11 is 0. The SMILES string of the molecule is Cc1ccc2[nH]c3c(c2c1)CCN(C(=O)NCN=C=O)CC3. The first-order chi connectivity index (χ1) is 10.7. The quantitative estimate of drug-likeness (QED) is 0.656. The van der Waals surface area contributed by atoms with Crippen LogP contribution in [0, 0.1) is 6.92 Å². The number of carbonyl (C=O) groups excluding carboxylic acids is 2. The number of amides is 2. The van der Waals surface area contributed by atoms with Crippen molar-refractivity contribution in [2.24, 2.45) is 4.99 Å². The largest absolute Gasteiger partial charge is 0.358 e. The highest BCUT2D eigenvalue weighted by Crippen LogP contribution is 2.26. The van der Waals surface area contributed by atoms with E-state index >= 15 is 0 Å². The van der Waals surface area contributed by atoms with Crippen LogP contribution in [-0.2, 0) is 17.6 Å². The van der Waals surface area contributed by atoms with Gasteiger partial charge in [0.25, 0.3) is 0 Å². The van der Waals surface area contributed by atoms with E-state index in [1.165, 1.54) is 28.3 Å². The minimum absolute atomic E-state index is 0.0216. The van der Waals surface area contributed by atoms with E-state index in [-0.39, 0.29) is 12.7 Å². The van der Waals surface area contributed by atoms with E-state index in [1.807, 2.05) is 0 Å². The molecule has 0 bridgehead atoms. The summed E-state index contributed by atoms with van der Waals surface area (Å²) in [7, 11) is 0. The van der Waals surface area contributed by atoms with Gasteiger partial charge in [-0.1, -0.05) is 11.6 Å². The van der Waals surface area contributed by atoms with Gasteiger partial charge in [-0.25, -0.2) is 9.59 Å². The van der Waals surface area contributed by atoms with Gasteiger partial charge in [-0.3, -0.25) is 0 Å². The van der Waals surface area contributed by atoms with Gasteiger partial charge in [0.05, 0.1) is 0 Å². The van der Waals surface area contributed by atoms with E-state index in [2.05, 4.69) is 40.4 Å². The van der Waals surface area contributed by atoms with E-state index < -0.39 is 0 Å². The van der Waals surface area contributed by atoms with Crippen molar-refractivity contribution in [3.05, 3.63) is 35.0 Å². The van der Waals surface area contributed by atoms with Crippen molar-refractivity contribution >= 4 is 23.0 Å². The van der Waals surface area contributed by atoms with Crippen molar-refractivity contribution in [1.82, 2.24) is 15.2 Å². The number of benzene rings is 1. The number of aryl methyl sites for hydroxylation is 1. The number of nitrogens with zero attached hydrogens (tertiary/aromatic N) is 2. The zero-order valence-electron chi connectivity index (χ0n) is 12.5. The smallest absolute Gasteiger partial charge is 0.318 e. The van der Waals surface area contributed by atoms with Crippen LogP contribution in [0.1, 0.15) is 16.8 Å². The van der Waals surface area contributed by atoms with Crippen LogP contribution in [0.2, 0.25) is 0 Å². The Kier molecular flexibility index (Phi) is 3.94. The van der Waals surface area contributed by atoms with Gasteiger partial charge in [0.15, 0.2) is 0 Å².